The molecule has 1 aromatic rings. The Kier molecular flexibility index (Phi) is 7.52. The molecule has 0 aliphatic carbocycles. The van der Waals surface area contributed by atoms with Gasteiger partial charge in [-0.05, 0) is 39.3 Å². The molecule has 0 amide bonds. The standard InChI is InChI=1S/C18H32N4OS/c1-5-15-7-8-16(24-15)13-20-17(19-6-2)21-14-18(3,4)22-9-11-23-12-10-22/h7-8H,5-6,9-14H2,1-4H3,(H2,19,20,21). The van der Waals surface area contributed by atoms with Crippen molar-refractivity contribution in [1.29, 1.82) is 0 Å². The molecule has 0 atom stereocenters. The van der Waals surface area contributed by atoms with Crippen LogP contribution in [0.5, 0.6) is 0 Å². The average Bonchev–Trinajstić information content (AvgIpc) is 3.06. The van der Waals surface area contributed by atoms with Gasteiger partial charge in [0.15, 0.2) is 5.96 Å². The normalized spacial score (nSPS) is 17.1. The Morgan fingerprint density at radius 3 is 2.54 bits per heavy atom. The lowest BCUT2D eigenvalue weighted by atomic mass is 10.0. The predicted molar refractivity (Wildman–Crippen MR) is 103 cm³/mol. The van der Waals surface area contributed by atoms with E-state index in [-0.39, 0.29) is 5.54 Å². The van der Waals surface area contributed by atoms with E-state index in [0.29, 0.717) is 0 Å². The van der Waals surface area contributed by atoms with Crippen molar-refractivity contribution >= 4 is 17.3 Å². The van der Waals surface area contributed by atoms with Crippen molar-refractivity contribution in [1.82, 2.24) is 15.5 Å². The van der Waals surface area contributed by atoms with Gasteiger partial charge in [0, 0.05) is 41.5 Å². The molecule has 5 nitrogen and oxygen atoms in total. The second-order valence-corrected chi connectivity index (χ2v) is 7.94. The van der Waals surface area contributed by atoms with Crippen molar-refractivity contribution in [3.05, 3.63) is 21.9 Å². The fraction of sp³-hybridized carbons (Fsp3) is 0.722. The quantitative estimate of drug-likeness (QED) is 0.585. The predicted octanol–water partition coefficient (Wildman–Crippen LogP) is 2.48. The molecule has 0 radical (unpaired) electrons. The van der Waals surface area contributed by atoms with Crippen molar-refractivity contribution in [3.63, 3.8) is 0 Å². The van der Waals surface area contributed by atoms with E-state index in [1.165, 1.54) is 9.75 Å². The number of thiophene rings is 1. The van der Waals surface area contributed by atoms with E-state index in [1.807, 2.05) is 11.3 Å². The maximum absolute atomic E-state index is 5.46. The van der Waals surface area contributed by atoms with E-state index in [0.717, 1.165) is 58.3 Å². The third-order valence-electron chi connectivity index (χ3n) is 4.36. The van der Waals surface area contributed by atoms with Crippen LogP contribution < -0.4 is 10.6 Å². The summed E-state index contributed by atoms with van der Waals surface area (Å²) in [5.41, 5.74) is 0.0816. The van der Waals surface area contributed by atoms with Gasteiger partial charge < -0.3 is 15.4 Å². The lowest BCUT2D eigenvalue weighted by Gasteiger charge is -2.41. The fourth-order valence-electron chi connectivity index (χ4n) is 2.78. The Morgan fingerprint density at radius 1 is 1.21 bits per heavy atom. The van der Waals surface area contributed by atoms with E-state index in [9.17, 15) is 0 Å². The number of rotatable bonds is 7. The molecule has 0 spiro atoms. The van der Waals surface area contributed by atoms with E-state index in [4.69, 9.17) is 9.73 Å². The topological polar surface area (TPSA) is 48.9 Å². The number of aliphatic imine (C=N–C) groups is 1. The summed E-state index contributed by atoms with van der Waals surface area (Å²) in [5, 5.41) is 6.86. The third-order valence-corrected chi connectivity index (χ3v) is 5.57. The van der Waals surface area contributed by atoms with E-state index in [2.05, 4.69) is 55.4 Å². The SMILES string of the molecule is CCNC(=NCc1ccc(CC)s1)NCC(C)(C)N1CCOCC1. The highest BCUT2D eigenvalue weighted by Crippen LogP contribution is 2.18. The van der Waals surface area contributed by atoms with Crippen LogP contribution in [0.1, 0.15) is 37.4 Å². The minimum Gasteiger partial charge on any atom is -0.379 e. The zero-order valence-electron chi connectivity index (χ0n) is 15.5. The summed E-state index contributed by atoms with van der Waals surface area (Å²) < 4.78 is 5.46. The first kappa shape index (κ1) is 19.2. The van der Waals surface area contributed by atoms with E-state index < -0.39 is 0 Å². The first-order chi connectivity index (χ1) is 11.5. The van der Waals surface area contributed by atoms with Crippen LogP contribution in [0.4, 0.5) is 0 Å². The maximum atomic E-state index is 5.46. The van der Waals surface area contributed by atoms with Gasteiger partial charge >= 0.3 is 0 Å². The van der Waals surface area contributed by atoms with Gasteiger partial charge in [0.2, 0.25) is 0 Å². The van der Waals surface area contributed by atoms with Crippen LogP contribution in [0.2, 0.25) is 0 Å². The number of nitrogens with one attached hydrogen (secondary N) is 2. The fourth-order valence-corrected chi connectivity index (χ4v) is 3.66. The van der Waals surface area contributed by atoms with Gasteiger partial charge in [0.25, 0.3) is 0 Å². The molecule has 0 aromatic carbocycles. The second kappa shape index (κ2) is 9.39. The number of hydrogen-bond acceptors (Lipinski definition) is 4. The van der Waals surface area contributed by atoms with Gasteiger partial charge in [0.05, 0.1) is 19.8 Å². The smallest absolute Gasteiger partial charge is 0.191 e. The van der Waals surface area contributed by atoms with Crippen molar-refractivity contribution in [3.8, 4) is 0 Å². The zero-order valence-corrected chi connectivity index (χ0v) is 16.3. The molecule has 1 saturated heterocycles. The summed E-state index contributed by atoms with van der Waals surface area (Å²) >= 11 is 1.85. The van der Waals surface area contributed by atoms with E-state index >= 15 is 0 Å². The molecular formula is C18H32N4OS. The van der Waals surface area contributed by atoms with Crippen LogP contribution in [0.15, 0.2) is 17.1 Å². The maximum Gasteiger partial charge on any atom is 0.191 e. The summed E-state index contributed by atoms with van der Waals surface area (Å²) in [6.45, 7) is 15.0. The number of nitrogens with zero attached hydrogens (tertiary/aromatic N) is 2. The molecule has 24 heavy (non-hydrogen) atoms. The monoisotopic (exact) mass is 352 g/mol. The minimum absolute atomic E-state index is 0.0816. The second-order valence-electron chi connectivity index (χ2n) is 6.68. The van der Waals surface area contributed by atoms with Gasteiger partial charge in [-0.1, -0.05) is 6.92 Å². The molecule has 1 aliphatic heterocycles. The Balaban J connectivity index is 1.90. The van der Waals surface area contributed by atoms with Crippen LogP contribution in [-0.2, 0) is 17.7 Å². The Hall–Kier alpha value is -1.11. The van der Waals surface area contributed by atoms with Crippen LogP contribution in [0, 0.1) is 0 Å². The highest BCUT2D eigenvalue weighted by atomic mass is 32.1. The van der Waals surface area contributed by atoms with Crippen molar-refractivity contribution in [2.75, 3.05) is 39.4 Å². The minimum atomic E-state index is 0.0816. The number of morpholine rings is 1. The molecule has 0 saturated carbocycles. The van der Waals surface area contributed by atoms with E-state index in [1.54, 1.807) is 0 Å². The van der Waals surface area contributed by atoms with Crippen LogP contribution in [-0.4, -0.2) is 55.8 Å². The highest BCUT2D eigenvalue weighted by Gasteiger charge is 2.28. The number of guanidine groups is 1. The van der Waals surface area contributed by atoms with Crippen LogP contribution in [0.25, 0.3) is 0 Å². The van der Waals surface area contributed by atoms with Crippen molar-refractivity contribution in [2.45, 2.75) is 46.2 Å². The Morgan fingerprint density at radius 2 is 1.92 bits per heavy atom. The molecule has 0 bridgehead atoms. The molecule has 2 heterocycles. The summed E-state index contributed by atoms with van der Waals surface area (Å²) in [6.07, 6.45) is 1.10. The van der Waals surface area contributed by atoms with Crippen molar-refractivity contribution < 1.29 is 4.74 Å². The molecule has 2 rings (SSSR count). The highest BCUT2D eigenvalue weighted by molar-refractivity contribution is 7.11. The summed E-state index contributed by atoms with van der Waals surface area (Å²) in [7, 11) is 0. The third kappa shape index (κ3) is 5.76. The zero-order chi connectivity index (χ0) is 17.4. The number of hydrogen-bond donors (Lipinski definition) is 2. The average molecular weight is 353 g/mol. The molecule has 1 fully saturated rings. The van der Waals surface area contributed by atoms with Gasteiger partial charge in [-0.2, -0.15) is 0 Å². The van der Waals surface area contributed by atoms with Gasteiger partial charge in [0.1, 0.15) is 0 Å². The van der Waals surface area contributed by atoms with Crippen LogP contribution >= 0.6 is 11.3 Å². The molecule has 136 valence electrons. The van der Waals surface area contributed by atoms with Gasteiger partial charge in [-0.25, -0.2) is 4.99 Å². The molecular weight excluding hydrogens is 320 g/mol. The molecule has 1 aromatic heterocycles. The molecule has 1 aliphatic rings. The lowest BCUT2D eigenvalue weighted by Crippen LogP contribution is -2.56. The largest absolute Gasteiger partial charge is 0.379 e. The van der Waals surface area contributed by atoms with Crippen LogP contribution in [0.3, 0.4) is 0 Å². The van der Waals surface area contributed by atoms with Crippen molar-refractivity contribution in [2.24, 2.45) is 4.99 Å². The lowest BCUT2D eigenvalue weighted by molar-refractivity contribution is -0.00834. The Bertz CT molecular complexity index is 521. The first-order valence-electron chi connectivity index (χ1n) is 8.97. The summed E-state index contributed by atoms with van der Waals surface area (Å²) in [6, 6.07) is 4.39. The Labute approximate surface area is 150 Å². The first-order valence-corrected chi connectivity index (χ1v) is 9.79. The number of aryl methyl sites for hydroxylation is 1. The number of ether oxygens (including phenoxy) is 1. The molecule has 6 heteroatoms. The summed E-state index contributed by atoms with van der Waals surface area (Å²) in [4.78, 5) is 9.97. The van der Waals surface area contributed by atoms with Gasteiger partial charge in [-0.3, -0.25) is 4.90 Å². The molecule has 2 N–H and O–H groups in total. The molecule has 0 unspecified atom stereocenters. The van der Waals surface area contributed by atoms with Gasteiger partial charge in [-0.15, -0.1) is 11.3 Å². The summed E-state index contributed by atoms with van der Waals surface area (Å²) in [5.74, 6) is 0.894.